The molecule has 7 rings (SSSR count). The Morgan fingerprint density at radius 1 is 1.07 bits per heavy atom. The number of imidazole rings is 1. The number of benzene rings is 3. The second-order valence-electron chi connectivity index (χ2n) is 10.6. The van der Waals surface area contributed by atoms with E-state index in [0.717, 1.165) is 56.1 Å². The highest BCUT2D eigenvalue weighted by Crippen LogP contribution is 2.39. The first-order valence-corrected chi connectivity index (χ1v) is 13.8. The monoisotopic (exact) mass is 559 g/mol. The Labute approximate surface area is 242 Å². The van der Waals surface area contributed by atoms with E-state index >= 15 is 0 Å². The molecule has 0 saturated carbocycles. The molecule has 1 atom stereocenters. The highest BCUT2D eigenvalue weighted by molar-refractivity contribution is 5.96. The van der Waals surface area contributed by atoms with E-state index in [9.17, 15) is 4.79 Å². The van der Waals surface area contributed by atoms with Crippen LogP contribution in [0.5, 0.6) is 17.2 Å². The Balaban J connectivity index is 1.14. The van der Waals surface area contributed by atoms with Crippen LogP contribution >= 0.6 is 0 Å². The Kier molecular flexibility index (Phi) is 6.27. The molecule has 4 heterocycles. The SMILES string of the molecule is CC#CC(=O)N1CCN2C[C@H]1COc1cc3ncnc(Nc4ccc(Oc5ccc6c(c5)ncn6C)c(C)c4)c3cc12. The summed E-state index contributed by atoms with van der Waals surface area (Å²) in [6.45, 7) is 6.08. The number of hydrogen-bond donors (Lipinski definition) is 1. The van der Waals surface area contributed by atoms with Crippen molar-refractivity contribution in [2.75, 3.05) is 36.5 Å². The molecule has 0 spiro atoms. The molecule has 2 aromatic heterocycles. The molecule has 0 radical (unpaired) electrons. The van der Waals surface area contributed by atoms with Crippen LogP contribution < -0.4 is 19.7 Å². The quantitative estimate of drug-likeness (QED) is 0.314. The van der Waals surface area contributed by atoms with E-state index in [1.165, 1.54) is 0 Å². The van der Waals surface area contributed by atoms with Gasteiger partial charge in [0.05, 0.1) is 34.6 Å². The molecule has 5 aromatic rings. The van der Waals surface area contributed by atoms with Gasteiger partial charge >= 0.3 is 0 Å². The minimum absolute atomic E-state index is 0.0686. The molecular formula is C32H29N7O3. The summed E-state index contributed by atoms with van der Waals surface area (Å²) in [4.78, 5) is 30.1. The minimum atomic E-state index is -0.153. The standard InChI is InChI=1S/C32H29N7O3/c1-4-5-31(40)39-11-10-38-16-22(39)17-41-30-15-25-24(14-28(30)38)32(34-18-33-25)36-21-6-9-29(20(2)12-21)42-23-7-8-27-26(13-23)35-19-37(27)3/h6-9,12-15,18-19,22H,10-11,16-17H2,1-3H3,(H,33,34,36)/t22-/m0/s1. The number of anilines is 3. The van der Waals surface area contributed by atoms with Gasteiger partial charge in [0.15, 0.2) is 0 Å². The van der Waals surface area contributed by atoms with Crippen LogP contribution in [-0.2, 0) is 11.8 Å². The van der Waals surface area contributed by atoms with Gasteiger partial charge in [-0.2, -0.15) is 0 Å². The van der Waals surface area contributed by atoms with Crippen molar-refractivity contribution in [3.63, 3.8) is 0 Å². The lowest BCUT2D eigenvalue weighted by atomic mass is 10.1. The van der Waals surface area contributed by atoms with E-state index < -0.39 is 0 Å². The Hall–Kier alpha value is -5.30. The molecule has 1 saturated heterocycles. The fraction of sp³-hybridized carbons (Fsp3) is 0.250. The van der Waals surface area contributed by atoms with Crippen LogP contribution in [0.3, 0.4) is 0 Å². The largest absolute Gasteiger partial charge is 0.489 e. The predicted octanol–water partition coefficient (Wildman–Crippen LogP) is 4.79. The van der Waals surface area contributed by atoms with Crippen LogP contribution in [0.4, 0.5) is 17.2 Å². The number of amides is 1. The van der Waals surface area contributed by atoms with Crippen molar-refractivity contribution in [2.24, 2.45) is 7.05 Å². The average Bonchev–Trinajstić information content (AvgIpc) is 3.30. The number of nitrogens with zero attached hydrogens (tertiary/aromatic N) is 6. The van der Waals surface area contributed by atoms with E-state index in [0.29, 0.717) is 32.1 Å². The van der Waals surface area contributed by atoms with Crippen LogP contribution in [0.15, 0.2) is 61.2 Å². The summed E-state index contributed by atoms with van der Waals surface area (Å²) in [5, 5.41) is 4.36. The van der Waals surface area contributed by atoms with E-state index in [-0.39, 0.29) is 11.9 Å². The summed E-state index contributed by atoms with van der Waals surface area (Å²) in [7, 11) is 1.97. The van der Waals surface area contributed by atoms with Crippen LogP contribution in [0.25, 0.3) is 21.9 Å². The maximum atomic E-state index is 12.5. The zero-order chi connectivity index (χ0) is 28.8. The normalized spacial score (nSPS) is 15.8. The first-order chi connectivity index (χ1) is 20.5. The third kappa shape index (κ3) is 4.59. The summed E-state index contributed by atoms with van der Waals surface area (Å²) in [5.74, 6) is 8.19. The van der Waals surface area contributed by atoms with Crippen LogP contribution in [-0.4, -0.2) is 62.6 Å². The number of piperazine rings is 1. The summed E-state index contributed by atoms with van der Waals surface area (Å²) < 4.78 is 14.4. The minimum Gasteiger partial charge on any atom is -0.489 e. The predicted molar refractivity (Wildman–Crippen MR) is 161 cm³/mol. The maximum Gasteiger partial charge on any atom is 0.298 e. The smallest absolute Gasteiger partial charge is 0.298 e. The van der Waals surface area contributed by atoms with E-state index in [1.54, 1.807) is 19.6 Å². The van der Waals surface area contributed by atoms with Crippen molar-refractivity contribution in [1.82, 2.24) is 24.4 Å². The molecular weight excluding hydrogens is 530 g/mol. The van der Waals surface area contributed by atoms with Crippen LogP contribution in [0, 0.1) is 18.8 Å². The zero-order valence-electron chi connectivity index (χ0n) is 23.6. The first-order valence-electron chi connectivity index (χ1n) is 13.8. The van der Waals surface area contributed by atoms with E-state index in [4.69, 9.17) is 9.47 Å². The molecule has 1 fully saturated rings. The van der Waals surface area contributed by atoms with Crippen molar-refractivity contribution in [1.29, 1.82) is 0 Å². The van der Waals surface area contributed by atoms with E-state index in [1.807, 2.05) is 65.9 Å². The number of ether oxygens (including phenoxy) is 2. The topological polar surface area (TPSA) is 97.6 Å². The third-order valence-corrected chi connectivity index (χ3v) is 7.83. The number of carbonyl (C=O) groups excluding carboxylic acids is 1. The molecule has 1 amide bonds. The molecule has 1 N–H and O–H groups in total. The van der Waals surface area contributed by atoms with Crippen molar-refractivity contribution < 1.29 is 14.3 Å². The summed E-state index contributed by atoms with van der Waals surface area (Å²) >= 11 is 0. The number of aryl methyl sites for hydroxylation is 2. The lowest BCUT2D eigenvalue weighted by Crippen LogP contribution is -2.56. The summed E-state index contributed by atoms with van der Waals surface area (Å²) in [6.07, 6.45) is 3.35. The average molecular weight is 560 g/mol. The van der Waals surface area contributed by atoms with Crippen molar-refractivity contribution in [3.05, 3.63) is 66.7 Å². The third-order valence-electron chi connectivity index (χ3n) is 7.83. The lowest BCUT2D eigenvalue weighted by Gasteiger charge is -2.39. The fourth-order valence-electron chi connectivity index (χ4n) is 5.67. The van der Waals surface area contributed by atoms with Gasteiger partial charge in [-0.3, -0.25) is 4.79 Å². The van der Waals surface area contributed by atoms with Gasteiger partial charge in [-0.05, 0) is 61.7 Å². The highest BCUT2D eigenvalue weighted by atomic mass is 16.5. The fourth-order valence-corrected chi connectivity index (χ4v) is 5.67. The molecule has 210 valence electrons. The lowest BCUT2D eigenvalue weighted by molar-refractivity contribution is -0.128. The van der Waals surface area contributed by atoms with Gasteiger partial charge in [-0.25, -0.2) is 15.0 Å². The van der Waals surface area contributed by atoms with Gasteiger partial charge in [0.1, 0.15) is 36.0 Å². The Bertz CT molecular complexity index is 1920. The van der Waals surface area contributed by atoms with Gasteiger partial charge in [0, 0.05) is 49.9 Å². The first kappa shape index (κ1) is 25.7. The van der Waals surface area contributed by atoms with E-state index in [2.05, 4.69) is 43.1 Å². The maximum absolute atomic E-state index is 12.5. The van der Waals surface area contributed by atoms with Gasteiger partial charge in [-0.1, -0.05) is 5.92 Å². The molecule has 2 aliphatic rings. The molecule has 3 aromatic carbocycles. The molecule has 0 aliphatic carbocycles. The zero-order valence-corrected chi connectivity index (χ0v) is 23.6. The Morgan fingerprint density at radius 3 is 2.83 bits per heavy atom. The molecule has 42 heavy (non-hydrogen) atoms. The van der Waals surface area contributed by atoms with Gasteiger partial charge in [-0.15, -0.1) is 0 Å². The Morgan fingerprint density at radius 2 is 1.98 bits per heavy atom. The molecule has 2 bridgehead atoms. The van der Waals surface area contributed by atoms with Gasteiger partial charge in [0.2, 0.25) is 0 Å². The van der Waals surface area contributed by atoms with Crippen LogP contribution in [0.1, 0.15) is 12.5 Å². The van der Waals surface area contributed by atoms with Gasteiger partial charge in [0.25, 0.3) is 5.91 Å². The number of hydrogen-bond acceptors (Lipinski definition) is 8. The second-order valence-corrected chi connectivity index (χ2v) is 10.6. The number of fused-ring (bicyclic) bond motifs is 6. The molecule has 10 heteroatoms. The number of nitrogens with one attached hydrogen (secondary N) is 1. The second kappa shape index (κ2) is 10.3. The van der Waals surface area contributed by atoms with Crippen molar-refractivity contribution in [2.45, 2.75) is 19.9 Å². The molecule has 0 unspecified atom stereocenters. The van der Waals surface area contributed by atoms with Crippen molar-refractivity contribution >= 4 is 45.0 Å². The number of rotatable bonds is 4. The van der Waals surface area contributed by atoms with Crippen molar-refractivity contribution in [3.8, 4) is 29.1 Å². The highest BCUT2D eigenvalue weighted by Gasteiger charge is 2.34. The number of aromatic nitrogens is 4. The number of carbonyl (C=O) groups is 1. The van der Waals surface area contributed by atoms with Crippen LogP contribution in [0.2, 0.25) is 0 Å². The van der Waals surface area contributed by atoms with Gasteiger partial charge < -0.3 is 29.2 Å². The molecule has 2 aliphatic heterocycles. The molecule has 10 nitrogen and oxygen atoms in total. The summed E-state index contributed by atoms with van der Waals surface area (Å²) in [5.41, 5.74) is 5.56. The summed E-state index contributed by atoms with van der Waals surface area (Å²) in [6, 6.07) is 15.8.